The Bertz CT molecular complexity index is 895. The average Bonchev–Trinajstić information content (AvgIpc) is 3.04. The molecule has 1 amide bonds. The molecule has 0 saturated carbocycles. The third-order valence-corrected chi connectivity index (χ3v) is 6.21. The van der Waals surface area contributed by atoms with E-state index in [1.165, 1.54) is 16.2 Å². The van der Waals surface area contributed by atoms with E-state index in [-0.39, 0.29) is 5.41 Å². The van der Waals surface area contributed by atoms with E-state index >= 15 is 0 Å². The number of anilines is 1. The van der Waals surface area contributed by atoms with E-state index in [2.05, 4.69) is 36.1 Å². The van der Waals surface area contributed by atoms with Gasteiger partial charge in [-0.15, -0.1) is 0 Å². The Balaban J connectivity index is 1.93. The van der Waals surface area contributed by atoms with Crippen molar-refractivity contribution in [1.29, 1.82) is 5.26 Å². The van der Waals surface area contributed by atoms with Gasteiger partial charge < -0.3 is 19.5 Å². The van der Waals surface area contributed by atoms with E-state index in [0.29, 0.717) is 31.4 Å². The van der Waals surface area contributed by atoms with Crippen molar-refractivity contribution in [2.24, 2.45) is 0 Å². The van der Waals surface area contributed by atoms with Crippen LogP contribution in [0.5, 0.6) is 0 Å². The molecule has 1 saturated heterocycles. The number of morpholine rings is 1. The molecule has 0 spiro atoms. The topological polar surface area (TPSA) is 92.5 Å². The summed E-state index contributed by atoms with van der Waals surface area (Å²) in [6.45, 7) is 10.1. The number of thiazole rings is 1. The van der Waals surface area contributed by atoms with Crippen LogP contribution >= 0.6 is 23.1 Å². The normalized spacial score (nSPS) is 15.5. The van der Waals surface area contributed by atoms with Crippen molar-refractivity contribution in [1.82, 2.24) is 9.88 Å². The van der Waals surface area contributed by atoms with Crippen molar-refractivity contribution in [2.75, 3.05) is 44.3 Å². The van der Waals surface area contributed by atoms with Crippen molar-refractivity contribution in [3.05, 3.63) is 17.7 Å². The molecule has 1 aromatic carbocycles. The second kappa shape index (κ2) is 8.66. The van der Waals surface area contributed by atoms with Gasteiger partial charge in [-0.3, -0.25) is 4.90 Å². The third-order valence-electron chi connectivity index (χ3n) is 4.62. The fourth-order valence-electron chi connectivity index (χ4n) is 3.12. The molecule has 0 unspecified atom stereocenters. The number of thiocyanates is 1. The van der Waals surface area contributed by atoms with Gasteiger partial charge >= 0.3 is 0 Å². The van der Waals surface area contributed by atoms with Gasteiger partial charge in [-0.2, -0.15) is 5.26 Å². The minimum Gasteiger partial charge on any atom is -0.530 e. The highest BCUT2D eigenvalue weighted by Gasteiger charge is 2.23. The molecule has 2 heterocycles. The lowest BCUT2D eigenvalue weighted by Crippen LogP contribution is -2.47. The van der Waals surface area contributed by atoms with Gasteiger partial charge in [0, 0.05) is 31.1 Å². The number of nitriles is 1. The van der Waals surface area contributed by atoms with Crippen LogP contribution in [0.25, 0.3) is 10.2 Å². The summed E-state index contributed by atoms with van der Waals surface area (Å²) < 4.78 is 6.21. The van der Waals surface area contributed by atoms with Gasteiger partial charge in [0.05, 0.1) is 23.4 Å². The summed E-state index contributed by atoms with van der Waals surface area (Å²) in [4.78, 5) is 20.7. The molecular formula is C19H23N4O3S2-. The molecule has 9 heteroatoms. The number of fused-ring (bicyclic) bond motifs is 1. The van der Waals surface area contributed by atoms with E-state index in [9.17, 15) is 9.90 Å². The van der Waals surface area contributed by atoms with E-state index in [0.717, 1.165) is 45.5 Å². The van der Waals surface area contributed by atoms with Crippen LogP contribution in [-0.2, 0) is 10.2 Å². The first-order valence-electron chi connectivity index (χ1n) is 9.09. The van der Waals surface area contributed by atoms with E-state index in [1.807, 2.05) is 12.1 Å². The number of carboxylic acid groups (broad SMARTS) is 1. The summed E-state index contributed by atoms with van der Waals surface area (Å²) in [6, 6.07) is 3.87. The molecule has 0 bridgehead atoms. The average molecular weight is 420 g/mol. The minimum atomic E-state index is -1.25. The van der Waals surface area contributed by atoms with Gasteiger partial charge in [0.25, 0.3) is 0 Å². The fraction of sp³-hybridized carbons (Fsp3) is 0.526. The lowest BCUT2D eigenvalue weighted by atomic mass is 9.86. The molecule has 0 radical (unpaired) electrons. The number of hydrogen-bond acceptors (Lipinski definition) is 8. The van der Waals surface area contributed by atoms with Gasteiger partial charge in [0.1, 0.15) is 11.5 Å². The quantitative estimate of drug-likeness (QED) is 0.543. The first kappa shape index (κ1) is 20.9. The summed E-state index contributed by atoms with van der Waals surface area (Å²) in [5, 5.41) is 23.3. The van der Waals surface area contributed by atoms with Gasteiger partial charge in [-0.1, -0.05) is 32.1 Å². The second-order valence-corrected chi connectivity index (χ2v) is 9.50. The Labute approximate surface area is 172 Å². The number of carbonyl (C=O) groups excluding carboxylic acids is 1. The molecule has 3 rings (SSSR count). The highest BCUT2D eigenvalue weighted by molar-refractivity contribution is 8.03. The maximum atomic E-state index is 11.8. The van der Waals surface area contributed by atoms with Crippen molar-refractivity contribution in [3.63, 3.8) is 0 Å². The lowest BCUT2D eigenvalue weighted by Gasteiger charge is -2.30. The molecular weight excluding hydrogens is 396 g/mol. The molecule has 0 aliphatic carbocycles. The summed E-state index contributed by atoms with van der Waals surface area (Å²) in [6.07, 6.45) is -1.25. The molecule has 150 valence electrons. The minimum absolute atomic E-state index is 0.185. The fourth-order valence-corrected chi connectivity index (χ4v) is 4.70. The third kappa shape index (κ3) is 4.75. The number of benzene rings is 1. The van der Waals surface area contributed by atoms with Gasteiger partial charge in [-0.05, 0) is 34.9 Å². The largest absolute Gasteiger partial charge is 0.530 e. The summed E-state index contributed by atoms with van der Waals surface area (Å²) in [5.74, 6) is 0. The summed E-state index contributed by atoms with van der Waals surface area (Å²) in [5.41, 5.74) is 1.60. The van der Waals surface area contributed by atoms with Crippen LogP contribution in [0.15, 0.2) is 17.0 Å². The Morgan fingerprint density at radius 3 is 2.75 bits per heavy atom. The van der Waals surface area contributed by atoms with Crippen LogP contribution < -0.4 is 10.0 Å². The zero-order valence-electron chi connectivity index (χ0n) is 16.2. The predicted molar refractivity (Wildman–Crippen MR) is 110 cm³/mol. The van der Waals surface area contributed by atoms with Crippen LogP contribution in [0.3, 0.4) is 0 Å². The SMILES string of the molecule is CC(C)(C)c1cc(SC#N)cc2sc(N(CCN3CCOCC3)C(=O)[O-])nc12. The zero-order chi connectivity index (χ0) is 20.3. The molecule has 0 atom stereocenters. The first-order chi connectivity index (χ1) is 13.3. The van der Waals surface area contributed by atoms with Gasteiger partial charge in [0.2, 0.25) is 0 Å². The Kier molecular flexibility index (Phi) is 6.45. The van der Waals surface area contributed by atoms with Crippen LogP contribution in [-0.4, -0.2) is 55.4 Å². The number of ether oxygens (including phenoxy) is 1. The van der Waals surface area contributed by atoms with Crippen molar-refractivity contribution in [2.45, 2.75) is 31.1 Å². The van der Waals surface area contributed by atoms with Crippen LogP contribution in [0, 0.1) is 10.7 Å². The molecule has 2 aromatic rings. The lowest BCUT2D eigenvalue weighted by molar-refractivity contribution is -0.246. The van der Waals surface area contributed by atoms with Crippen LogP contribution in [0.1, 0.15) is 26.3 Å². The summed E-state index contributed by atoms with van der Waals surface area (Å²) in [7, 11) is 0. The number of amides is 1. The molecule has 0 N–H and O–H groups in total. The molecule has 7 nitrogen and oxygen atoms in total. The maximum Gasteiger partial charge on any atom is 0.191 e. The Morgan fingerprint density at radius 1 is 1.43 bits per heavy atom. The van der Waals surface area contributed by atoms with Crippen molar-refractivity contribution in [3.8, 4) is 5.40 Å². The van der Waals surface area contributed by atoms with E-state index in [1.54, 1.807) is 0 Å². The Hall–Kier alpha value is -1.86. The molecule has 1 aromatic heterocycles. The number of aromatic nitrogens is 1. The number of rotatable bonds is 5. The highest BCUT2D eigenvalue weighted by atomic mass is 32.2. The van der Waals surface area contributed by atoms with E-state index in [4.69, 9.17) is 10.00 Å². The monoisotopic (exact) mass is 419 g/mol. The predicted octanol–water partition coefficient (Wildman–Crippen LogP) is 2.65. The molecule has 1 aliphatic heterocycles. The van der Waals surface area contributed by atoms with E-state index < -0.39 is 6.09 Å². The molecule has 1 aliphatic rings. The van der Waals surface area contributed by atoms with Crippen LogP contribution in [0.2, 0.25) is 0 Å². The smallest absolute Gasteiger partial charge is 0.191 e. The molecule has 1 fully saturated rings. The molecule has 28 heavy (non-hydrogen) atoms. The first-order valence-corrected chi connectivity index (χ1v) is 10.7. The summed E-state index contributed by atoms with van der Waals surface area (Å²) >= 11 is 2.42. The van der Waals surface area contributed by atoms with Crippen LogP contribution in [0.4, 0.5) is 9.93 Å². The van der Waals surface area contributed by atoms with Crippen molar-refractivity contribution >= 4 is 44.5 Å². The Morgan fingerprint density at radius 2 is 2.14 bits per heavy atom. The standard InChI is InChI=1S/C19H24N4O3S2/c1-19(2,3)14-10-13(27-12-20)11-15-16(14)21-17(28-15)23(18(24)25)5-4-22-6-8-26-9-7-22/h10-11H,4-9H2,1-3H3,(H,24,25)/p-1. The van der Waals surface area contributed by atoms with Gasteiger partial charge in [-0.25, -0.2) is 4.98 Å². The number of nitrogens with zero attached hydrogens (tertiary/aromatic N) is 4. The zero-order valence-corrected chi connectivity index (χ0v) is 17.9. The number of hydrogen-bond donors (Lipinski definition) is 0. The van der Waals surface area contributed by atoms with Crippen molar-refractivity contribution < 1.29 is 14.6 Å². The second-order valence-electron chi connectivity index (χ2n) is 7.63. The number of carbonyl (C=O) groups is 1. The maximum absolute atomic E-state index is 11.8. The van der Waals surface area contributed by atoms with Gasteiger partial charge in [0.15, 0.2) is 5.13 Å². The number of thioether (sulfide) groups is 1. The highest BCUT2D eigenvalue weighted by Crippen LogP contribution is 2.38.